The quantitative estimate of drug-likeness (QED) is 0.237. The summed E-state index contributed by atoms with van der Waals surface area (Å²) in [5.74, 6) is 0.118. The zero-order valence-corrected chi connectivity index (χ0v) is 18.4. The molecule has 0 atom stereocenters. The van der Waals surface area contributed by atoms with Crippen LogP contribution in [-0.4, -0.2) is 25.9 Å². The van der Waals surface area contributed by atoms with Gasteiger partial charge in [0.05, 0.1) is 20.5 Å². The molecule has 3 aromatic rings. The lowest BCUT2D eigenvalue weighted by molar-refractivity contribution is 1.35. The Labute approximate surface area is 178 Å². The summed E-state index contributed by atoms with van der Waals surface area (Å²) >= 11 is 4.96. The van der Waals surface area contributed by atoms with E-state index in [4.69, 9.17) is 11.1 Å². The van der Waals surface area contributed by atoms with Gasteiger partial charge in [-0.25, -0.2) is 0 Å². The molecule has 0 amide bonds. The molecule has 0 aliphatic heterocycles. The van der Waals surface area contributed by atoms with Gasteiger partial charge in [-0.05, 0) is 66.9 Å². The highest BCUT2D eigenvalue weighted by atomic mass is 32.2. The number of nitrogens with zero attached hydrogens (tertiary/aromatic N) is 1. The van der Waals surface area contributed by atoms with Gasteiger partial charge in [0.15, 0.2) is 0 Å². The molecule has 4 nitrogen and oxygen atoms in total. The Hall–Kier alpha value is -2.22. The number of thiophene rings is 1. The number of hydrogen-bond donors (Lipinski definition) is 3. The van der Waals surface area contributed by atoms with Crippen LogP contribution in [0.1, 0.15) is 10.4 Å². The molecule has 0 saturated heterocycles. The molecule has 0 spiro atoms. The molecule has 0 fully saturated rings. The molecule has 7 heteroatoms. The maximum atomic E-state index is 7.69. The highest BCUT2D eigenvalue weighted by molar-refractivity contribution is 8.03. The second kappa shape index (κ2) is 8.86. The molecule has 1 aromatic heterocycles. The average Bonchev–Trinajstić information content (AvgIpc) is 3.11. The normalized spacial score (nSPS) is 10.7. The first kappa shape index (κ1) is 20.5. The van der Waals surface area contributed by atoms with Crippen molar-refractivity contribution in [3.05, 3.63) is 52.9 Å². The predicted molar refractivity (Wildman–Crippen MR) is 127 cm³/mol. The second-order valence-corrected chi connectivity index (χ2v) is 9.34. The van der Waals surface area contributed by atoms with E-state index in [0.717, 1.165) is 37.2 Å². The third-order valence-electron chi connectivity index (χ3n) is 4.27. The van der Waals surface area contributed by atoms with Crippen molar-refractivity contribution >= 4 is 58.8 Å². The number of aliphatic imine (C=N–C) groups is 1. The first-order chi connectivity index (χ1) is 13.5. The van der Waals surface area contributed by atoms with Crippen molar-refractivity contribution in [2.45, 2.75) is 20.9 Å². The highest BCUT2D eigenvalue weighted by Crippen LogP contribution is 2.42. The van der Waals surface area contributed by atoms with Gasteiger partial charge < -0.3 is 11.1 Å². The van der Waals surface area contributed by atoms with E-state index in [1.165, 1.54) is 9.77 Å². The Morgan fingerprint density at radius 1 is 1.25 bits per heavy atom. The minimum atomic E-state index is 0.118. The van der Waals surface area contributed by atoms with Gasteiger partial charge in [0, 0.05) is 16.8 Å². The Balaban J connectivity index is 1.98. The van der Waals surface area contributed by atoms with Gasteiger partial charge in [-0.15, -0.1) is 23.1 Å². The first-order valence-corrected chi connectivity index (χ1v) is 11.4. The summed E-state index contributed by atoms with van der Waals surface area (Å²) in [7, 11) is 1.89. The van der Waals surface area contributed by atoms with E-state index in [2.05, 4.69) is 60.3 Å². The largest absolute Gasteiger partial charge is 0.386 e. The van der Waals surface area contributed by atoms with Crippen molar-refractivity contribution in [1.29, 1.82) is 5.41 Å². The number of amidine groups is 1. The van der Waals surface area contributed by atoms with Crippen molar-refractivity contribution in [1.82, 2.24) is 0 Å². The van der Waals surface area contributed by atoms with Crippen LogP contribution < -0.4 is 11.1 Å². The van der Waals surface area contributed by atoms with Crippen LogP contribution in [0.3, 0.4) is 0 Å². The molecule has 0 aliphatic rings. The summed E-state index contributed by atoms with van der Waals surface area (Å²) in [6.07, 6.45) is 2.05. The fourth-order valence-electron chi connectivity index (χ4n) is 2.89. The lowest BCUT2D eigenvalue weighted by Crippen LogP contribution is -2.08. The van der Waals surface area contributed by atoms with Crippen molar-refractivity contribution in [3.63, 3.8) is 0 Å². The van der Waals surface area contributed by atoms with Crippen molar-refractivity contribution < 1.29 is 0 Å². The summed E-state index contributed by atoms with van der Waals surface area (Å²) in [5.41, 5.74) is 11.0. The maximum absolute atomic E-state index is 7.69. The molecule has 28 heavy (non-hydrogen) atoms. The third kappa shape index (κ3) is 4.27. The van der Waals surface area contributed by atoms with E-state index in [0.29, 0.717) is 0 Å². The predicted octanol–water partition coefficient (Wildman–Crippen LogP) is 6.25. The first-order valence-electron chi connectivity index (χ1n) is 8.56. The van der Waals surface area contributed by atoms with Gasteiger partial charge in [-0.3, -0.25) is 10.4 Å². The van der Waals surface area contributed by atoms with Gasteiger partial charge in [0.25, 0.3) is 0 Å². The molecule has 4 N–H and O–H groups in total. The summed E-state index contributed by atoms with van der Waals surface area (Å²) < 4.78 is 1.18. The maximum Gasteiger partial charge on any atom is 0.133 e. The molecule has 2 aromatic carbocycles. The molecule has 1 heterocycles. The highest BCUT2D eigenvalue weighted by Gasteiger charge is 2.13. The van der Waals surface area contributed by atoms with Crippen molar-refractivity contribution in [2.24, 2.45) is 10.7 Å². The van der Waals surface area contributed by atoms with Crippen LogP contribution in [0.5, 0.6) is 0 Å². The SMILES string of the molecule is C=Nc1cc(C)c(-c2cccc(Sc3cc(C(=N)N)sc3SC)c2)cc1NC. The molecule has 144 valence electrons. The number of anilines is 1. The van der Waals surface area contributed by atoms with E-state index in [1.54, 1.807) is 34.9 Å². The summed E-state index contributed by atoms with van der Waals surface area (Å²) in [6.45, 7) is 5.75. The van der Waals surface area contributed by atoms with E-state index in [9.17, 15) is 0 Å². The van der Waals surface area contributed by atoms with Crippen LogP contribution in [0, 0.1) is 12.3 Å². The molecule has 0 aliphatic carbocycles. The Morgan fingerprint density at radius 3 is 2.68 bits per heavy atom. The molecule has 0 bridgehead atoms. The fraction of sp³-hybridized carbons (Fsp3) is 0.143. The summed E-state index contributed by atoms with van der Waals surface area (Å²) in [6, 6.07) is 14.7. The molecule has 3 rings (SSSR count). The topological polar surface area (TPSA) is 74.3 Å². The average molecular weight is 427 g/mol. The third-order valence-corrected chi connectivity index (χ3v) is 7.87. The zero-order valence-electron chi connectivity index (χ0n) is 16.0. The zero-order chi connectivity index (χ0) is 20.3. The number of thioether (sulfide) groups is 1. The van der Waals surface area contributed by atoms with Crippen LogP contribution in [-0.2, 0) is 0 Å². The smallest absolute Gasteiger partial charge is 0.133 e. The van der Waals surface area contributed by atoms with Crippen molar-refractivity contribution in [3.8, 4) is 11.1 Å². The van der Waals surface area contributed by atoms with Crippen LogP contribution >= 0.6 is 34.9 Å². The Morgan fingerprint density at radius 2 is 2.04 bits per heavy atom. The number of benzene rings is 2. The van der Waals surface area contributed by atoms with Crippen LogP contribution in [0.2, 0.25) is 0 Å². The molecular weight excluding hydrogens is 404 g/mol. The number of hydrogen-bond acceptors (Lipinski definition) is 6. The Bertz CT molecular complexity index is 1040. The van der Waals surface area contributed by atoms with Gasteiger partial charge in [-0.1, -0.05) is 23.9 Å². The van der Waals surface area contributed by atoms with Gasteiger partial charge >= 0.3 is 0 Å². The Kier molecular flexibility index (Phi) is 6.49. The van der Waals surface area contributed by atoms with Gasteiger partial charge in [-0.2, -0.15) is 0 Å². The monoisotopic (exact) mass is 426 g/mol. The number of nitrogens with two attached hydrogens (primary N) is 1. The fourth-order valence-corrected chi connectivity index (χ4v) is 5.95. The summed E-state index contributed by atoms with van der Waals surface area (Å²) in [5, 5.41) is 10.9. The van der Waals surface area contributed by atoms with E-state index < -0.39 is 0 Å². The molecule has 0 unspecified atom stereocenters. The minimum Gasteiger partial charge on any atom is -0.386 e. The lowest BCUT2D eigenvalue weighted by atomic mass is 9.99. The number of rotatable bonds is 7. The minimum absolute atomic E-state index is 0.118. The van der Waals surface area contributed by atoms with Crippen LogP contribution in [0.25, 0.3) is 11.1 Å². The van der Waals surface area contributed by atoms with Crippen LogP contribution in [0.4, 0.5) is 11.4 Å². The molecular formula is C21H22N4S3. The van der Waals surface area contributed by atoms with Crippen molar-refractivity contribution in [2.75, 3.05) is 18.6 Å². The second-order valence-electron chi connectivity index (χ2n) is 6.10. The van der Waals surface area contributed by atoms with Gasteiger partial charge in [0.1, 0.15) is 5.84 Å². The number of nitrogen functional groups attached to an aromatic ring is 1. The number of nitrogens with one attached hydrogen (secondary N) is 2. The molecule has 0 radical (unpaired) electrons. The van der Waals surface area contributed by atoms with E-state index in [1.807, 2.05) is 19.4 Å². The standard InChI is InChI=1S/C21H22N4S3/c1-12-8-16(24-2)17(25-3)10-15(12)13-6-5-7-14(9-13)27-19-11-18(20(22)23)28-21(19)26-4/h5-11,25H,2H2,1,3-4H3,(H3,22,23). The number of aryl methyl sites for hydroxylation is 1. The van der Waals surface area contributed by atoms with E-state index in [-0.39, 0.29) is 5.84 Å². The van der Waals surface area contributed by atoms with E-state index >= 15 is 0 Å². The van der Waals surface area contributed by atoms with Crippen LogP contribution in [0.15, 0.2) is 61.5 Å². The lowest BCUT2D eigenvalue weighted by Gasteiger charge is -2.13. The van der Waals surface area contributed by atoms with Gasteiger partial charge in [0.2, 0.25) is 0 Å². The summed E-state index contributed by atoms with van der Waals surface area (Å²) in [4.78, 5) is 7.20. The molecule has 0 saturated carbocycles.